The summed E-state index contributed by atoms with van der Waals surface area (Å²) in [7, 11) is 0. The summed E-state index contributed by atoms with van der Waals surface area (Å²) < 4.78 is 9.31. The minimum Gasteiger partial charge on any atom is -0.436 e. The van der Waals surface area contributed by atoms with Crippen LogP contribution >= 0.6 is 11.3 Å². The first kappa shape index (κ1) is 26.0. The number of thiophene rings is 1. The number of benzene rings is 7. The van der Waals surface area contributed by atoms with Crippen molar-refractivity contribution in [3.05, 3.63) is 156 Å². The highest BCUT2D eigenvalue weighted by Gasteiger charge is 2.47. The topological polar surface area (TPSA) is 29.3 Å². The third kappa shape index (κ3) is 3.29. The van der Waals surface area contributed by atoms with Gasteiger partial charge in [0.25, 0.3) is 0 Å². The van der Waals surface area contributed by atoms with Gasteiger partial charge in [0.05, 0.1) is 17.3 Å². The van der Waals surface area contributed by atoms with Gasteiger partial charge >= 0.3 is 0 Å². The second kappa shape index (κ2) is 9.34. The van der Waals surface area contributed by atoms with Crippen molar-refractivity contribution in [1.29, 1.82) is 0 Å². The molecule has 3 heterocycles. The molecule has 0 fully saturated rings. The van der Waals surface area contributed by atoms with E-state index in [0.717, 1.165) is 22.0 Å². The molecule has 3 nitrogen and oxygen atoms in total. The van der Waals surface area contributed by atoms with Crippen molar-refractivity contribution in [2.45, 2.75) is 12.0 Å². The first-order chi connectivity index (χ1) is 24.3. The normalized spacial score (nSPS) is 16.9. The van der Waals surface area contributed by atoms with E-state index in [9.17, 15) is 0 Å². The fourth-order valence-corrected chi connectivity index (χ4v) is 10.4. The van der Waals surface area contributed by atoms with Gasteiger partial charge in [0.2, 0.25) is 5.89 Å². The Hall–Kier alpha value is -5.97. The van der Waals surface area contributed by atoms with Crippen LogP contribution in [0.15, 0.2) is 144 Å². The molecule has 2 unspecified atom stereocenters. The maximum atomic E-state index is 6.73. The van der Waals surface area contributed by atoms with Crippen LogP contribution in [0, 0.1) is 0 Å². The Morgan fingerprint density at radius 2 is 1.31 bits per heavy atom. The van der Waals surface area contributed by atoms with Gasteiger partial charge in [0.15, 0.2) is 5.58 Å². The lowest BCUT2D eigenvalue weighted by atomic mass is 9.78. The highest BCUT2D eigenvalue weighted by molar-refractivity contribution is 7.26. The largest absolute Gasteiger partial charge is 0.436 e. The van der Waals surface area contributed by atoms with Crippen molar-refractivity contribution in [3.63, 3.8) is 0 Å². The molecule has 0 saturated heterocycles. The summed E-state index contributed by atoms with van der Waals surface area (Å²) in [6.45, 7) is 0. The van der Waals surface area contributed by atoms with Gasteiger partial charge in [0.1, 0.15) is 5.52 Å². The molecule has 9 aromatic rings. The Morgan fingerprint density at radius 3 is 2.16 bits per heavy atom. The van der Waals surface area contributed by atoms with Gasteiger partial charge in [-0.25, -0.2) is 4.98 Å². The van der Waals surface area contributed by atoms with E-state index in [0.29, 0.717) is 5.89 Å². The minimum absolute atomic E-state index is 0.0604. The second-order valence-corrected chi connectivity index (χ2v) is 14.4. The molecule has 0 saturated carbocycles. The molecule has 2 aromatic heterocycles. The first-order valence-electron chi connectivity index (χ1n) is 16.9. The average molecular weight is 643 g/mol. The van der Waals surface area contributed by atoms with Gasteiger partial charge in [-0.3, -0.25) is 0 Å². The maximum Gasteiger partial charge on any atom is 0.230 e. The van der Waals surface area contributed by atoms with E-state index in [4.69, 9.17) is 9.40 Å². The number of oxazole rings is 1. The van der Waals surface area contributed by atoms with Gasteiger partial charge < -0.3 is 9.32 Å². The number of fused-ring (bicyclic) bond motifs is 9. The molecule has 228 valence electrons. The van der Waals surface area contributed by atoms with Gasteiger partial charge in [-0.1, -0.05) is 121 Å². The highest BCUT2D eigenvalue weighted by Crippen LogP contribution is 2.62. The Bertz CT molecular complexity index is 2890. The molecule has 4 heteroatoms. The van der Waals surface area contributed by atoms with E-state index < -0.39 is 0 Å². The van der Waals surface area contributed by atoms with Crippen LogP contribution in [-0.2, 0) is 0 Å². The average Bonchev–Trinajstić information content (AvgIpc) is 3.84. The number of hydrogen-bond acceptors (Lipinski definition) is 4. The summed E-state index contributed by atoms with van der Waals surface area (Å²) >= 11 is 1.88. The van der Waals surface area contributed by atoms with Crippen molar-refractivity contribution in [2.24, 2.45) is 0 Å². The first-order valence-corrected chi connectivity index (χ1v) is 17.7. The highest BCUT2D eigenvalue weighted by atomic mass is 32.1. The van der Waals surface area contributed by atoms with Crippen LogP contribution in [-0.4, -0.2) is 11.0 Å². The van der Waals surface area contributed by atoms with Gasteiger partial charge in [-0.05, 0) is 68.6 Å². The van der Waals surface area contributed by atoms with Crippen LogP contribution in [0.5, 0.6) is 0 Å². The lowest BCUT2D eigenvalue weighted by Gasteiger charge is -2.34. The molecular weight excluding hydrogens is 617 g/mol. The van der Waals surface area contributed by atoms with Gasteiger partial charge in [-0.15, -0.1) is 11.3 Å². The standard InChI is InChI=1S/C45H26N2OS/c1-2-13-27-26(12-1)28-17-9-11-25-23-24-35-42(38(25)28)39-29(27)18-10-20-34(39)47(35)43-40-32-16-5-8-22-37(32)49-44(40)31-15-4-3-14-30(31)41(43)45-46-33-19-6-7-21-36(33)48-45/h1-24,35,42H. The van der Waals surface area contributed by atoms with Crippen LogP contribution in [0.3, 0.4) is 0 Å². The number of rotatable bonds is 2. The zero-order valence-corrected chi connectivity index (χ0v) is 27.0. The quantitative estimate of drug-likeness (QED) is 0.188. The van der Waals surface area contributed by atoms with E-state index in [1.807, 2.05) is 35.6 Å². The van der Waals surface area contributed by atoms with Crippen molar-refractivity contribution in [1.82, 2.24) is 4.98 Å². The Balaban J connectivity index is 1.28. The van der Waals surface area contributed by atoms with E-state index >= 15 is 0 Å². The number of anilines is 2. The van der Waals surface area contributed by atoms with Crippen molar-refractivity contribution in [3.8, 4) is 33.7 Å². The zero-order valence-electron chi connectivity index (χ0n) is 26.2. The number of hydrogen-bond donors (Lipinski definition) is 0. The fourth-order valence-electron chi connectivity index (χ4n) is 9.11. The van der Waals surface area contributed by atoms with E-state index in [-0.39, 0.29) is 12.0 Å². The Morgan fingerprint density at radius 1 is 0.612 bits per heavy atom. The third-order valence-corrected chi connectivity index (χ3v) is 12.2. The summed E-state index contributed by atoms with van der Waals surface area (Å²) in [5.41, 5.74) is 14.5. The molecule has 0 radical (unpaired) electrons. The monoisotopic (exact) mass is 642 g/mol. The molecule has 0 bridgehead atoms. The van der Waals surface area contributed by atoms with Crippen LogP contribution in [0.25, 0.3) is 81.8 Å². The summed E-state index contributed by atoms with van der Waals surface area (Å²) in [4.78, 5) is 7.84. The van der Waals surface area contributed by atoms with E-state index in [2.05, 4.69) is 126 Å². The van der Waals surface area contributed by atoms with Crippen molar-refractivity contribution in [2.75, 3.05) is 4.90 Å². The molecule has 0 N–H and O–H groups in total. The Labute approximate surface area is 286 Å². The van der Waals surface area contributed by atoms with Gasteiger partial charge in [-0.2, -0.15) is 0 Å². The summed E-state index contributed by atoms with van der Waals surface area (Å²) in [5.74, 6) is 0.821. The van der Waals surface area contributed by atoms with Crippen LogP contribution in [0.4, 0.5) is 11.4 Å². The lowest BCUT2D eigenvalue weighted by molar-refractivity contribution is 0.620. The third-order valence-electron chi connectivity index (χ3n) is 11.0. The van der Waals surface area contributed by atoms with Crippen molar-refractivity contribution >= 4 is 70.8 Å². The molecule has 2 aliphatic carbocycles. The fraction of sp³-hybridized carbons (Fsp3) is 0.0444. The predicted octanol–water partition coefficient (Wildman–Crippen LogP) is 12.3. The molecular formula is C45H26N2OS. The molecule has 49 heavy (non-hydrogen) atoms. The zero-order chi connectivity index (χ0) is 31.8. The number of aromatic nitrogens is 1. The SMILES string of the molecule is C1=CC2C3c4c1cccc4-c1ccccc1-c1cccc(c13)N2c1c(-c2nc3ccccc3o2)c2ccccc2c2sc3ccccc3c12. The number of para-hydroxylation sites is 2. The minimum atomic E-state index is 0.0604. The Kier molecular flexibility index (Phi) is 4.96. The summed E-state index contributed by atoms with van der Waals surface area (Å²) in [5, 5.41) is 4.91. The summed E-state index contributed by atoms with van der Waals surface area (Å²) in [6, 6.07) is 48.6. The predicted molar refractivity (Wildman–Crippen MR) is 204 cm³/mol. The van der Waals surface area contributed by atoms with E-state index in [1.165, 1.54) is 75.9 Å². The van der Waals surface area contributed by atoms with Crippen molar-refractivity contribution < 1.29 is 4.42 Å². The molecule has 1 aliphatic heterocycles. The van der Waals surface area contributed by atoms with Crippen LogP contribution in [0.2, 0.25) is 0 Å². The molecule has 2 atom stereocenters. The van der Waals surface area contributed by atoms with Crippen LogP contribution in [0.1, 0.15) is 22.6 Å². The second-order valence-electron chi connectivity index (χ2n) is 13.3. The molecule has 12 rings (SSSR count). The summed E-state index contributed by atoms with van der Waals surface area (Å²) in [6.07, 6.45) is 4.80. The molecule has 0 amide bonds. The number of nitrogens with zero attached hydrogens (tertiary/aromatic N) is 2. The molecule has 3 aliphatic rings. The molecule has 7 aromatic carbocycles. The maximum absolute atomic E-state index is 6.73. The van der Waals surface area contributed by atoms with E-state index in [1.54, 1.807) is 0 Å². The lowest BCUT2D eigenvalue weighted by Crippen LogP contribution is -2.31. The smallest absolute Gasteiger partial charge is 0.230 e. The van der Waals surface area contributed by atoms with Crippen LogP contribution < -0.4 is 4.90 Å². The molecule has 0 spiro atoms. The van der Waals surface area contributed by atoms with Gasteiger partial charge in [0, 0.05) is 37.2 Å².